The van der Waals surface area contributed by atoms with Gasteiger partial charge in [0.2, 0.25) is 0 Å². The fourth-order valence-electron chi connectivity index (χ4n) is 2.22. The molecule has 0 fully saturated rings. The van der Waals surface area contributed by atoms with Crippen LogP contribution in [-0.4, -0.2) is 32.4 Å². The molecular formula is C16H27NO3S. The van der Waals surface area contributed by atoms with E-state index >= 15 is 0 Å². The van der Waals surface area contributed by atoms with Crippen molar-refractivity contribution in [1.29, 1.82) is 0 Å². The Kier molecular flexibility index (Phi) is 6.84. The summed E-state index contributed by atoms with van der Waals surface area (Å²) in [6.07, 6.45) is 2.78. The Balaban J connectivity index is 2.54. The van der Waals surface area contributed by atoms with E-state index < -0.39 is 15.9 Å². The van der Waals surface area contributed by atoms with E-state index in [9.17, 15) is 13.5 Å². The maximum absolute atomic E-state index is 11.4. The summed E-state index contributed by atoms with van der Waals surface area (Å²) in [6, 6.07) is 6.77. The SMILES string of the molecule is CCC(C)CC(C)NCC(O)c1ccc(S(C)(=O)=O)cc1. The Bertz CT molecular complexity index is 525. The van der Waals surface area contributed by atoms with Crippen molar-refractivity contribution in [2.24, 2.45) is 5.92 Å². The minimum atomic E-state index is -3.18. The third-order valence-electron chi connectivity index (χ3n) is 3.81. The zero-order valence-electron chi connectivity index (χ0n) is 13.3. The molecule has 1 aromatic carbocycles. The van der Waals surface area contributed by atoms with Gasteiger partial charge in [0, 0.05) is 18.8 Å². The Morgan fingerprint density at radius 1 is 1.19 bits per heavy atom. The van der Waals surface area contributed by atoms with Gasteiger partial charge in [0.15, 0.2) is 9.84 Å². The van der Waals surface area contributed by atoms with Gasteiger partial charge in [-0.15, -0.1) is 0 Å². The number of sulfone groups is 1. The van der Waals surface area contributed by atoms with E-state index in [0.29, 0.717) is 18.5 Å². The average molecular weight is 313 g/mol. The van der Waals surface area contributed by atoms with Gasteiger partial charge >= 0.3 is 0 Å². The predicted octanol–water partition coefficient (Wildman–Crippen LogP) is 2.54. The third kappa shape index (κ3) is 6.16. The highest BCUT2D eigenvalue weighted by Crippen LogP contribution is 2.17. The molecule has 120 valence electrons. The van der Waals surface area contributed by atoms with Crippen LogP contribution >= 0.6 is 0 Å². The van der Waals surface area contributed by atoms with Gasteiger partial charge in [0.05, 0.1) is 11.0 Å². The van der Waals surface area contributed by atoms with Crippen molar-refractivity contribution < 1.29 is 13.5 Å². The molecule has 0 amide bonds. The van der Waals surface area contributed by atoms with Crippen LogP contribution in [0, 0.1) is 5.92 Å². The number of benzene rings is 1. The summed E-state index contributed by atoms with van der Waals surface area (Å²) in [7, 11) is -3.18. The van der Waals surface area contributed by atoms with E-state index in [0.717, 1.165) is 18.4 Å². The van der Waals surface area contributed by atoms with Gasteiger partial charge in [-0.3, -0.25) is 0 Å². The first kappa shape index (κ1) is 18.1. The molecule has 4 nitrogen and oxygen atoms in total. The molecule has 1 rings (SSSR count). The highest BCUT2D eigenvalue weighted by Gasteiger charge is 2.13. The van der Waals surface area contributed by atoms with Crippen LogP contribution < -0.4 is 5.32 Å². The fraction of sp³-hybridized carbons (Fsp3) is 0.625. The Morgan fingerprint density at radius 2 is 1.76 bits per heavy atom. The summed E-state index contributed by atoms with van der Waals surface area (Å²) in [5, 5.41) is 13.5. The van der Waals surface area contributed by atoms with E-state index in [-0.39, 0.29) is 4.90 Å². The van der Waals surface area contributed by atoms with Crippen molar-refractivity contribution in [2.75, 3.05) is 12.8 Å². The number of aliphatic hydroxyl groups is 1. The molecule has 0 aromatic heterocycles. The lowest BCUT2D eigenvalue weighted by atomic mass is 10.00. The van der Waals surface area contributed by atoms with Crippen molar-refractivity contribution in [3.63, 3.8) is 0 Å². The normalized spacial score (nSPS) is 16.4. The van der Waals surface area contributed by atoms with Crippen molar-refractivity contribution in [2.45, 2.75) is 50.7 Å². The van der Waals surface area contributed by atoms with Crippen LogP contribution in [0.15, 0.2) is 29.2 Å². The first-order valence-electron chi connectivity index (χ1n) is 7.45. The molecule has 0 saturated heterocycles. The molecule has 5 heteroatoms. The number of rotatable bonds is 8. The van der Waals surface area contributed by atoms with Gasteiger partial charge < -0.3 is 10.4 Å². The lowest BCUT2D eigenvalue weighted by Gasteiger charge is -2.20. The summed E-state index contributed by atoms with van der Waals surface area (Å²) in [6.45, 7) is 6.98. The van der Waals surface area contributed by atoms with Crippen molar-refractivity contribution in [3.05, 3.63) is 29.8 Å². The summed E-state index contributed by atoms with van der Waals surface area (Å²) in [5.74, 6) is 0.665. The van der Waals surface area contributed by atoms with E-state index in [4.69, 9.17) is 0 Å². The topological polar surface area (TPSA) is 66.4 Å². The minimum absolute atomic E-state index is 0.275. The van der Waals surface area contributed by atoms with Gasteiger partial charge in [-0.25, -0.2) is 8.42 Å². The zero-order chi connectivity index (χ0) is 16.0. The molecule has 0 saturated carbocycles. The largest absolute Gasteiger partial charge is 0.387 e. The zero-order valence-corrected chi connectivity index (χ0v) is 14.2. The van der Waals surface area contributed by atoms with E-state index in [1.54, 1.807) is 12.1 Å². The number of hydrogen-bond donors (Lipinski definition) is 2. The maximum atomic E-state index is 11.4. The molecular weight excluding hydrogens is 286 g/mol. The molecule has 0 heterocycles. The van der Waals surface area contributed by atoms with Crippen LogP contribution in [0.2, 0.25) is 0 Å². The lowest BCUT2D eigenvalue weighted by molar-refractivity contribution is 0.168. The lowest BCUT2D eigenvalue weighted by Crippen LogP contribution is -2.31. The van der Waals surface area contributed by atoms with Crippen molar-refractivity contribution >= 4 is 9.84 Å². The average Bonchev–Trinajstić information content (AvgIpc) is 2.43. The van der Waals surface area contributed by atoms with E-state index in [2.05, 4.69) is 26.1 Å². The number of nitrogens with one attached hydrogen (secondary N) is 1. The van der Waals surface area contributed by atoms with Crippen LogP contribution in [0.5, 0.6) is 0 Å². The monoisotopic (exact) mass is 313 g/mol. The first-order valence-corrected chi connectivity index (χ1v) is 9.34. The highest BCUT2D eigenvalue weighted by molar-refractivity contribution is 7.90. The highest BCUT2D eigenvalue weighted by atomic mass is 32.2. The van der Waals surface area contributed by atoms with Gasteiger partial charge in [-0.1, -0.05) is 32.4 Å². The number of aliphatic hydroxyl groups excluding tert-OH is 1. The second-order valence-corrected chi connectivity index (χ2v) is 7.93. The smallest absolute Gasteiger partial charge is 0.175 e. The van der Waals surface area contributed by atoms with Crippen LogP contribution in [-0.2, 0) is 9.84 Å². The molecule has 0 spiro atoms. The van der Waals surface area contributed by atoms with Crippen LogP contribution in [0.4, 0.5) is 0 Å². The maximum Gasteiger partial charge on any atom is 0.175 e. The van der Waals surface area contributed by atoms with Gasteiger partial charge in [0.25, 0.3) is 0 Å². The molecule has 0 aliphatic carbocycles. The van der Waals surface area contributed by atoms with E-state index in [1.165, 1.54) is 18.4 Å². The van der Waals surface area contributed by atoms with Crippen LogP contribution in [0.1, 0.15) is 45.3 Å². The molecule has 1 aromatic rings. The van der Waals surface area contributed by atoms with Gasteiger partial charge in [-0.2, -0.15) is 0 Å². The van der Waals surface area contributed by atoms with Crippen molar-refractivity contribution in [1.82, 2.24) is 5.32 Å². The predicted molar refractivity (Wildman–Crippen MR) is 86.0 cm³/mol. The molecule has 3 unspecified atom stereocenters. The Hall–Kier alpha value is -0.910. The quantitative estimate of drug-likeness (QED) is 0.774. The summed E-state index contributed by atoms with van der Waals surface area (Å²) in [4.78, 5) is 0.275. The van der Waals surface area contributed by atoms with Crippen LogP contribution in [0.3, 0.4) is 0 Å². The Labute approximate surface area is 128 Å². The molecule has 0 radical (unpaired) electrons. The van der Waals surface area contributed by atoms with Gasteiger partial charge in [0.1, 0.15) is 0 Å². The summed E-state index contributed by atoms with van der Waals surface area (Å²) >= 11 is 0. The summed E-state index contributed by atoms with van der Waals surface area (Å²) < 4.78 is 22.8. The molecule has 0 aliphatic heterocycles. The minimum Gasteiger partial charge on any atom is -0.387 e. The standard InChI is InChI=1S/C16H27NO3S/c1-5-12(2)10-13(3)17-11-16(18)14-6-8-15(9-7-14)21(4,19)20/h6-9,12-13,16-18H,5,10-11H2,1-4H3. The first-order chi connectivity index (χ1) is 9.74. The fourth-order valence-corrected chi connectivity index (χ4v) is 2.85. The molecule has 3 atom stereocenters. The van der Waals surface area contributed by atoms with E-state index in [1.807, 2.05) is 0 Å². The van der Waals surface area contributed by atoms with Crippen molar-refractivity contribution in [3.8, 4) is 0 Å². The van der Waals surface area contributed by atoms with Gasteiger partial charge in [-0.05, 0) is 37.0 Å². The molecule has 21 heavy (non-hydrogen) atoms. The Morgan fingerprint density at radius 3 is 2.24 bits per heavy atom. The molecule has 2 N–H and O–H groups in total. The van der Waals surface area contributed by atoms with Crippen LogP contribution in [0.25, 0.3) is 0 Å². The molecule has 0 aliphatic rings. The summed E-state index contributed by atoms with van der Waals surface area (Å²) in [5.41, 5.74) is 0.727. The number of hydrogen-bond acceptors (Lipinski definition) is 4. The second kappa shape index (κ2) is 7.92. The molecule has 0 bridgehead atoms. The third-order valence-corrected chi connectivity index (χ3v) is 4.93. The second-order valence-electron chi connectivity index (χ2n) is 5.92.